The van der Waals surface area contributed by atoms with Crippen LogP contribution in [-0.2, 0) is 34.3 Å². The molecule has 11 heteroatoms. The average molecular weight is 568 g/mol. The van der Waals surface area contributed by atoms with Crippen LogP contribution >= 0.6 is 0 Å². The van der Waals surface area contributed by atoms with Gasteiger partial charge in [-0.2, -0.15) is 0 Å². The van der Waals surface area contributed by atoms with E-state index in [1.807, 2.05) is 6.92 Å². The van der Waals surface area contributed by atoms with E-state index < -0.39 is 15.8 Å². The summed E-state index contributed by atoms with van der Waals surface area (Å²) >= 11 is 0. The van der Waals surface area contributed by atoms with Gasteiger partial charge in [-0.05, 0) is 42.5 Å². The van der Waals surface area contributed by atoms with Gasteiger partial charge in [0.05, 0.1) is 17.0 Å². The molecular weight excluding hydrogens is 533 g/mol. The number of primary sulfonamides is 1. The molecule has 212 valence electrons. The smallest absolute Gasteiger partial charge is 0.277 e. The van der Waals surface area contributed by atoms with Crippen molar-refractivity contribution in [3.63, 3.8) is 0 Å². The predicted molar refractivity (Wildman–Crippen MR) is 153 cm³/mol. The molecule has 0 saturated carbocycles. The summed E-state index contributed by atoms with van der Waals surface area (Å²) in [5, 5.41) is 8.20. The van der Waals surface area contributed by atoms with E-state index in [-0.39, 0.29) is 29.5 Å². The zero-order chi connectivity index (χ0) is 29.0. The number of halogens is 1. The van der Waals surface area contributed by atoms with E-state index in [9.17, 15) is 18.0 Å². The molecule has 0 spiro atoms. The van der Waals surface area contributed by atoms with Crippen LogP contribution in [0.5, 0.6) is 0 Å². The first-order chi connectivity index (χ1) is 19.0. The number of sulfonamides is 1. The SMILES string of the molecule is CCCc1nc2ccn(CC(=O)NCCC(C)C)c(=O)c2n1Cc1ccc(-c2ccccc2S(N)(=O)=O)cc1F. The number of imidazole rings is 1. The number of carbonyl (C=O) groups excluding carboxylic acids is 1. The molecule has 2 aromatic heterocycles. The number of carbonyl (C=O) groups is 1. The number of rotatable bonds is 11. The monoisotopic (exact) mass is 567 g/mol. The molecule has 1 amide bonds. The molecular formula is C29H34FN5O4S. The lowest BCUT2D eigenvalue weighted by molar-refractivity contribution is -0.121. The number of nitrogens with zero attached hydrogens (tertiary/aromatic N) is 3. The van der Waals surface area contributed by atoms with Crippen molar-refractivity contribution in [1.82, 2.24) is 19.4 Å². The van der Waals surface area contributed by atoms with Crippen LogP contribution in [0.4, 0.5) is 4.39 Å². The van der Waals surface area contributed by atoms with Crippen LogP contribution in [0.1, 0.15) is 45.0 Å². The fourth-order valence-electron chi connectivity index (χ4n) is 4.61. The fraction of sp³-hybridized carbons (Fsp3) is 0.345. The first-order valence-corrected chi connectivity index (χ1v) is 14.8. The van der Waals surface area contributed by atoms with Gasteiger partial charge < -0.3 is 14.5 Å². The zero-order valence-corrected chi connectivity index (χ0v) is 23.7. The largest absolute Gasteiger partial charge is 0.355 e. The maximum absolute atomic E-state index is 15.4. The summed E-state index contributed by atoms with van der Waals surface area (Å²) < 4.78 is 42.6. The first-order valence-electron chi connectivity index (χ1n) is 13.3. The van der Waals surface area contributed by atoms with E-state index >= 15 is 4.39 Å². The van der Waals surface area contributed by atoms with Gasteiger partial charge in [0.15, 0.2) is 0 Å². The predicted octanol–water partition coefficient (Wildman–Crippen LogP) is 3.81. The van der Waals surface area contributed by atoms with Crippen LogP contribution in [0.25, 0.3) is 22.2 Å². The number of aromatic nitrogens is 3. The number of nitrogens with one attached hydrogen (secondary N) is 1. The quantitative estimate of drug-likeness (QED) is 0.285. The Bertz CT molecular complexity index is 1710. The lowest BCUT2D eigenvalue weighted by Crippen LogP contribution is -2.33. The Kier molecular flexibility index (Phi) is 8.85. The summed E-state index contributed by atoms with van der Waals surface area (Å²) in [6, 6.07) is 12.3. The molecule has 0 fully saturated rings. The summed E-state index contributed by atoms with van der Waals surface area (Å²) in [6.07, 6.45) is 3.73. The van der Waals surface area contributed by atoms with Crippen molar-refractivity contribution in [3.05, 3.63) is 82.3 Å². The molecule has 0 atom stereocenters. The Balaban J connectivity index is 1.69. The van der Waals surface area contributed by atoms with Crippen LogP contribution in [0.3, 0.4) is 0 Å². The molecule has 0 radical (unpaired) electrons. The molecule has 0 bridgehead atoms. The highest BCUT2D eigenvalue weighted by molar-refractivity contribution is 7.89. The second kappa shape index (κ2) is 12.1. The van der Waals surface area contributed by atoms with Crippen molar-refractivity contribution in [2.45, 2.75) is 58.0 Å². The molecule has 0 aliphatic rings. The van der Waals surface area contributed by atoms with Gasteiger partial charge in [-0.25, -0.2) is 22.9 Å². The Morgan fingerprint density at radius 2 is 1.90 bits per heavy atom. The van der Waals surface area contributed by atoms with E-state index in [1.54, 1.807) is 47.2 Å². The topological polar surface area (TPSA) is 129 Å². The molecule has 4 aromatic rings. The van der Waals surface area contributed by atoms with Crippen molar-refractivity contribution in [2.24, 2.45) is 11.1 Å². The number of hydrogen-bond acceptors (Lipinski definition) is 5. The molecule has 0 unspecified atom stereocenters. The Morgan fingerprint density at radius 3 is 2.58 bits per heavy atom. The minimum atomic E-state index is -4.01. The summed E-state index contributed by atoms with van der Waals surface area (Å²) in [5.41, 5.74) is 1.35. The molecule has 40 heavy (non-hydrogen) atoms. The Hall–Kier alpha value is -3.83. The molecule has 4 rings (SSSR count). The van der Waals surface area contributed by atoms with Crippen LogP contribution < -0.4 is 16.0 Å². The van der Waals surface area contributed by atoms with Gasteiger partial charge in [0.25, 0.3) is 5.56 Å². The minimum Gasteiger partial charge on any atom is -0.355 e. The molecule has 3 N–H and O–H groups in total. The van der Waals surface area contributed by atoms with Gasteiger partial charge in [0, 0.05) is 30.3 Å². The van der Waals surface area contributed by atoms with Crippen molar-refractivity contribution < 1.29 is 17.6 Å². The molecule has 0 aliphatic heterocycles. The van der Waals surface area contributed by atoms with E-state index in [4.69, 9.17) is 5.14 Å². The highest BCUT2D eigenvalue weighted by Gasteiger charge is 2.19. The highest BCUT2D eigenvalue weighted by Crippen LogP contribution is 2.28. The average Bonchev–Trinajstić information content (AvgIpc) is 3.24. The van der Waals surface area contributed by atoms with Gasteiger partial charge in [-0.1, -0.05) is 51.1 Å². The standard InChI is InChI=1S/C29H34FN5O4S/c1-4-7-26-33-24-13-15-34(18-27(36)32-14-12-19(2)3)29(37)28(24)35(26)17-21-11-10-20(16-23(21)30)22-8-5-6-9-25(22)40(31,38)39/h5-6,8-11,13,15-16,19H,4,7,12,14,17-18H2,1-3H3,(H,32,36)(H2,31,38,39). The second-order valence-corrected chi connectivity index (χ2v) is 11.8. The number of hydrogen-bond donors (Lipinski definition) is 2. The highest BCUT2D eigenvalue weighted by atomic mass is 32.2. The minimum absolute atomic E-state index is 0.0363. The molecule has 2 aromatic carbocycles. The third kappa shape index (κ3) is 6.48. The number of nitrogens with two attached hydrogens (primary N) is 1. The second-order valence-electron chi connectivity index (χ2n) is 10.2. The van der Waals surface area contributed by atoms with E-state index in [1.165, 1.54) is 16.7 Å². The number of fused-ring (bicyclic) bond motifs is 1. The lowest BCUT2D eigenvalue weighted by atomic mass is 10.0. The van der Waals surface area contributed by atoms with Gasteiger partial charge in [-0.15, -0.1) is 0 Å². The molecule has 2 heterocycles. The zero-order valence-electron chi connectivity index (χ0n) is 22.9. The third-order valence-electron chi connectivity index (χ3n) is 6.67. The van der Waals surface area contributed by atoms with Crippen LogP contribution in [-0.4, -0.2) is 35.0 Å². The summed E-state index contributed by atoms with van der Waals surface area (Å²) in [5.74, 6) is 0.260. The summed E-state index contributed by atoms with van der Waals surface area (Å²) in [7, 11) is -4.01. The van der Waals surface area contributed by atoms with Crippen LogP contribution in [0, 0.1) is 11.7 Å². The normalized spacial score (nSPS) is 11.8. The van der Waals surface area contributed by atoms with Crippen LogP contribution in [0.2, 0.25) is 0 Å². The number of benzene rings is 2. The third-order valence-corrected chi connectivity index (χ3v) is 7.64. The van der Waals surface area contributed by atoms with Gasteiger partial charge in [-0.3, -0.25) is 9.59 Å². The van der Waals surface area contributed by atoms with Crippen molar-refractivity contribution in [3.8, 4) is 11.1 Å². The summed E-state index contributed by atoms with van der Waals surface area (Å²) in [4.78, 5) is 30.5. The van der Waals surface area contributed by atoms with Crippen molar-refractivity contribution in [1.29, 1.82) is 0 Å². The van der Waals surface area contributed by atoms with Gasteiger partial charge in [0.2, 0.25) is 15.9 Å². The van der Waals surface area contributed by atoms with Crippen molar-refractivity contribution in [2.75, 3.05) is 6.54 Å². The van der Waals surface area contributed by atoms with Crippen molar-refractivity contribution >= 4 is 27.0 Å². The maximum atomic E-state index is 15.4. The first kappa shape index (κ1) is 29.2. The van der Waals surface area contributed by atoms with Gasteiger partial charge in [0.1, 0.15) is 23.7 Å². The Labute approximate surface area is 232 Å². The Morgan fingerprint density at radius 1 is 1.15 bits per heavy atom. The fourth-order valence-corrected chi connectivity index (χ4v) is 5.37. The maximum Gasteiger partial charge on any atom is 0.277 e. The van der Waals surface area contributed by atoms with E-state index in [0.717, 1.165) is 12.8 Å². The van der Waals surface area contributed by atoms with E-state index in [2.05, 4.69) is 24.1 Å². The molecule has 0 aliphatic carbocycles. The number of pyridine rings is 1. The number of amides is 1. The summed E-state index contributed by atoms with van der Waals surface area (Å²) in [6.45, 7) is 6.56. The molecule has 0 saturated heterocycles. The van der Waals surface area contributed by atoms with E-state index in [0.29, 0.717) is 52.4 Å². The van der Waals surface area contributed by atoms with Gasteiger partial charge >= 0.3 is 0 Å². The molecule has 9 nitrogen and oxygen atoms in total. The number of aryl methyl sites for hydroxylation is 1. The van der Waals surface area contributed by atoms with Crippen LogP contribution in [0.15, 0.2) is 64.4 Å². The lowest BCUT2D eigenvalue weighted by Gasteiger charge is -2.13.